The zero-order chi connectivity index (χ0) is 13.8. The number of sulfonamides is 1. The normalized spacial score (nSPS) is 26.7. The molecule has 18 heavy (non-hydrogen) atoms. The highest BCUT2D eigenvalue weighted by molar-refractivity contribution is 9.09. The summed E-state index contributed by atoms with van der Waals surface area (Å²) in [7, 11) is -3.25. The highest BCUT2D eigenvalue weighted by Gasteiger charge is 2.32. The lowest BCUT2D eigenvalue weighted by Crippen LogP contribution is -2.50. The summed E-state index contributed by atoms with van der Waals surface area (Å²) in [6.45, 7) is 6.76. The molecular weight excluding hydrogens is 322 g/mol. The number of hydrogen-bond acceptors (Lipinski definition) is 4. The molecule has 1 aliphatic heterocycles. The van der Waals surface area contributed by atoms with Gasteiger partial charge in [0, 0.05) is 18.4 Å². The molecule has 1 heterocycles. The Hall–Kier alpha value is 0.310. The van der Waals surface area contributed by atoms with Crippen LogP contribution in [0, 0.1) is 0 Å². The van der Waals surface area contributed by atoms with E-state index in [9.17, 15) is 8.42 Å². The predicted octanol–water partition coefficient (Wildman–Crippen LogP) is 1.23. The quantitative estimate of drug-likeness (QED) is 0.680. The summed E-state index contributed by atoms with van der Waals surface area (Å²) in [5.74, 6) is 0.0346. The fraction of sp³-hybridized carbons (Fsp3) is 1.00. The summed E-state index contributed by atoms with van der Waals surface area (Å²) in [6.07, 6.45) is -0.0873. The van der Waals surface area contributed by atoms with Gasteiger partial charge in [0.1, 0.15) is 0 Å². The van der Waals surface area contributed by atoms with Crippen molar-refractivity contribution in [2.75, 3.05) is 30.8 Å². The molecule has 0 aromatic rings. The Morgan fingerprint density at radius 2 is 2.11 bits per heavy atom. The molecule has 1 aliphatic rings. The summed E-state index contributed by atoms with van der Waals surface area (Å²) < 4.78 is 36.7. The highest BCUT2D eigenvalue weighted by Crippen LogP contribution is 2.16. The summed E-state index contributed by atoms with van der Waals surface area (Å²) in [5, 5.41) is 0.645. The van der Waals surface area contributed by atoms with Crippen LogP contribution < -0.4 is 0 Å². The van der Waals surface area contributed by atoms with Crippen molar-refractivity contribution in [1.29, 1.82) is 0 Å². The third-order valence-corrected chi connectivity index (χ3v) is 5.14. The van der Waals surface area contributed by atoms with Crippen LogP contribution in [0.3, 0.4) is 0 Å². The van der Waals surface area contributed by atoms with Crippen LogP contribution in [-0.4, -0.2) is 61.8 Å². The Labute approximate surface area is 118 Å². The van der Waals surface area contributed by atoms with Gasteiger partial charge in [-0.05, 0) is 20.8 Å². The van der Waals surface area contributed by atoms with Crippen molar-refractivity contribution in [3.8, 4) is 0 Å². The van der Waals surface area contributed by atoms with E-state index in [0.717, 1.165) is 0 Å². The molecule has 2 atom stereocenters. The second-order valence-electron chi connectivity index (χ2n) is 4.78. The third-order valence-electron chi connectivity index (χ3n) is 2.65. The van der Waals surface area contributed by atoms with Crippen LogP contribution in [0.5, 0.6) is 0 Å². The van der Waals surface area contributed by atoms with Gasteiger partial charge in [-0.2, -0.15) is 4.31 Å². The Morgan fingerprint density at radius 3 is 2.67 bits per heavy atom. The molecule has 0 aromatic carbocycles. The van der Waals surface area contributed by atoms with E-state index in [1.165, 1.54) is 4.31 Å². The summed E-state index contributed by atoms with van der Waals surface area (Å²) >= 11 is 3.33. The largest absolute Gasteiger partial charge is 0.378 e. The molecule has 0 spiro atoms. The second-order valence-corrected chi connectivity index (χ2v) is 7.51. The van der Waals surface area contributed by atoms with Gasteiger partial charge in [0.2, 0.25) is 10.0 Å². The summed E-state index contributed by atoms with van der Waals surface area (Å²) in [6, 6.07) is 0. The molecule has 0 bridgehead atoms. The first-order chi connectivity index (χ1) is 8.35. The maximum Gasteiger partial charge on any atom is 0.216 e. The van der Waals surface area contributed by atoms with E-state index in [-0.39, 0.29) is 30.7 Å². The lowest BCUT2D eigenvalue weighted by atomic mass is 10.3. The van der Waals surface area contributed by atoms with Crippen LogP contribution in [-0.2, 0) is 19.5 Å². The number of morpholine rings is 1. The molecule has 0 saturated carbocycles. The van der Waals surface area contributed by atoms with Crippen molar-refractivity contribution in [1.82, 2.24) is 4.31 Å². The summed E-state index contributed by atoms with van der Waals surface area (Å²) in [4.78, 5) is 0. The molecule has 108 valence electrons. The molecule has 0 aromatic heterocycles. The van der Waals surface area contributed by atoms with Gasteiger partial charge in [-0.1, -0.05) is 15.9 Å². The van der Waals surface area contributed by atoms with E-state index in [0.29, 0.717) is 18.4 Å². The molecule has 2 unspecified atom stereocenters. The molecule has 7 heteroatoms. The smallest absolute Gasteiger partial charge is 0.216 e. The van der Waals surface area contributed by atoms with Crippen LogP contribution in [0.2, 0.25) is 0 Å². The number of alkyl halides is 1. The average molecular weight is 344 g/mol. The number of hydrogen-bond donors (Lipinski definition) is 0. The van der Waals surface area contributed by atoms with Crippen molar-refractivity contribution < 1.29 is 17.9 Å². The Morgan fingerprint density at radius 1 is 1.44 bits per heavy atom. The molecule has 5 nitrogen and oxygen atoms in total. The molecule has 0 radical (unpaired) electrons. The van der Waals surface area contributed by atoms with Crippen molar-refractivity contribution in [3.63, 3.8) is 0 Å². The van der Waals surface area contributed by atoms with Crippen LogP contribution in [0.15, 0.2) is 0 Å². The number of nitrogens with zero attached hydrogens (tertiary/aromatic N) is 1. The minimum atomic E-state index is -3.25. The van der Waals surface area contributed by atoms with Gasteiger partial charge in [-0.15, -0.1) is 0 Å². The zero-order valence-corrected chi connectivity index (χ0v) is 13.5. The molecule has 0 amide bonds. The van der Waals surface area contributed by atoms with Gasteiger partial charge in [-0.3, -0.25) is 0 Å². The van der Waals surface area contributed by atoms with Gasteiger partial charge in [0.25, 0.3) is 0 Å². The lowest BCUT2D eigenvalue weighted by molar-refractivity contribution is -0.0413. The first-order valence-corrected chi connectivity index (χ1v) is 8.89. The Bertz CT molecular complexity index is 347. The molecule has 0 aliphatic carbocycles. The van der Waals surface area contributed by atoms with Crippen molar-refractivity contribution in [2.24, 2.45) is 0 Å². The zero-order valence-electron chi connectivity index (χ0n) is 11.1. The standard InChI is InChI=1S/C11H22BrNO4S/c1-9(2)16-4-5-18(14,15)13-7-10(3)17-11(6-12)8-13/h9-11H,4-8H2,1-3H3. The monoisotopic (exact) mass is 343 g/mol. The van der Waals surface area contributed by atoms with E-state index in [1.54, 1.807) is 0 Å². The van der Waals surface area contributed by atoms with E-state index in [4.69, 9.17) is 9.47 Å². The average Bonchev–Trinajstić information content (AvgIpc) is 2.27. The topological polar surface area (TPSA) is 55.8 Å². The van der Waals surface area contributed by atoms with Gasteiger partial charge in [-0.25, -0.2) is 8.42 Å². The van der Waals surface area contributed by atoms with E-state index < -0.39 is 10.0 Å². The van der Waals surface area contributed by atoms with Crippen molar-refractivity contribution in [2.45, 2.75) is 39.1 Å². The van der Waals surface area contributed by atoms with Crippen LogP contribution >= 0.6 is 15.9 Å². The minimum absolute atomic E-state index is 0.0346. The Balaban J connectivity index is 2.55. The maximum atomic E-state index is 12.1. The van der Waals surface area contributed by atoms with Gasteiger partial charge >= 0.3 is 0 Å². The van der Waals surface area contributed by atoms with Crippen molar-refractivity contribution >= 4 is 26.0 Å². The molecule has 1 saturated heterocycles. The first kappa shape index (κ1) is 16.4. The molecule has 1 fully saturated rings. The fourth-order valence-electron chi connectivity index (χ4n) is 1.83. The van der Waals surface area contributed by atoms with Gasteiger partial charge < -0.3 is 9.47 Å². The van der Waals surface area contributed by atoms with E-state index >= 15 is 0 Å². The van der Waals surface area contributed by atoms with Crippen LogP contribution in [0.4, 0.5) is 0 Å². The number of ether oxygens (including phenoxy) is 2. The highest BCUT2D eigenvalue weighted by atomic mass is 79.9. The summed E-state index contributed by atoms with van der Waals surface area (Å²) in [5.41, 5.74) is 0. The fourth-order valence-corrected chi connectivity index (χ4v) is 3.59. The molecule has 1 rings (SSSR count). The predicted molar refractivity (Wildman–Crippen MR) is 74.6 cm³/mol. The third kappa shape index (κ3) is 5.13. The first-order valence-electron chi connectivity index (χ1n) is 6.16. The number of rotatable bonds is 6. The SMILES string of the molecule is CC(C)OCCS(=O)(=O)N1CC(C)OC(CBr)C1. The second kappa shape index (κ2) is 7.19. The van der Waals surface area contributed by atoms with Gasteiger partial charge in [0.05, 0.1) is 30.7 Å². The molecular formula is C11H22BrNO4S. The van der Waals surface area contributed by atoms with Crippen molar-refractivity contribution in [3.05, 3.63) is 0 Å². The number of halogens is 1. The van der Waals surface area contributed by atoms with Crippen LogP contribution in [0.1, 0.15) is 20.8 Å². The van der Waals surface area contributed by atoms with Gasteiger partial charge in [0.15, 0.2) is 0 Å². The minimum Gasteiger partial charge on any atom is -0.378 e. The Kier molecular flexibility index (Phi) is 6.54. The van der Waals surface area contributed by atoms with E-state index in [2.05, 4.69) is 15.9 Å². The lowest BCUT2D eigenvalue weighted by Gasteiger charge is -2.35. The maximum absolute atomic E-state index is 12.1. The molecule has 0 N–H and O–H groups in total. The van der Waals surface area contributed by atoms with E-state index in [1.807, 2.05) is 20.8 Å². The van der Waals surface area contributed by atoms with Crippen LogP contribution in [0.25, 0.3) is 0 Å².